The van der Waals surface area contributed by atoms with E-state index in [1.54, 1.807) is 18.2 Å². The average Bonchev–Trinajstić information content (AvgIpc) is 3.11. The maximum absolute atomic E-state index is 11.0. The van der Waals surface area contributed by atoms with Gasteiger partial charge in [-0.05, 0) is 54.1 Å². The molecular formula is C21H16N2O3. The van der Waals surface area contributed by atoms with Gasteiger partial charge in [0.2, 0.25) is 0 Å². The first-order chi connectivity index (χ1) is 12.7. The van der Waals surface area contributed by atoms with E-state index in [1.165, 1.54) is 0 Å². The minimum absolute atomic E-state index is 0.256. The Balaban J connectivity index is 1.47. The number of hydrogen-bond acceptors (Lipinski definition) is 3. The molecule has 0 saturated carbocycles. The van der Waals surface area contributed by atoms with Crippen LogP contribution < -0.4 is 4.74 Å². The quantitative estimate of drug-likeness (QED) is 0.559. The average molecular weight is 344 g/mol. The lowest BCUT2D eigenvalue weighted by Crippen LogP contribution is -2.00. The van der Waals surface area contributed by atoms with Gasteiger partial charge < -0.3 is 14.8 Å². The van der Waals surface area contributed by atoms with Gasteiger partial charge in [0.25, 0.3) is 0 Å². The molecule has 4 rings (SSSR count). The van der Waals surface area contributed by atoms with Crippen molar-refractivity contribution in [2.75, 3.05) is 0 Å². The molecule has 128 valence electrons. The van der Waals surface area contributed by atoms with Gasteiger partial charge in [-0.3, -0.25) is 0 Å². The molecule has 0 saturated heterocycles. The third-order valence-corrected chi connectivity index (χ3v) is 4.10. The monoisotopic (exact) mass is 344 g/mol. The largest absolute Gasteiger partial charge is 0.489 e. The number of hydrogen-bond donors (Lipinski definition) is 2. The highest BCUT2D eigenvalue weighted by molar-refractivity contribution is 5.87. The zero-order chi connectivity index (χ0) is 17.9. The van der Waals surface area contributed by atoms with Crippen molar-refractivity contribution in [1.29, 1.82) is 0 Å². The molecule has 0 aliphatic rings. The maximum atomic E-state index is 11.0. The molecule has 4 aromatic rings. The molecule has 26 heavy (non-hydrogen) atoms. The van der Waals surface area contributed by atoms with Crippen LogP contribution in [0.4, 0.5) is 0 Å². The second kappa shape index (κ2) is 6.72. The third kappa shape index (κ3) is 3.28. The van der Waals surface area contributed by atoms with Crippen molar-refractivity contribution in [2.24, 2.45) is 0 Å². The molecule has 0 amide bonds. The second-order valence-corrected chi connectivity index (χ2v) is 5.92. The Bertz CT molecular complexity index is 1040. The molecule has 0 radical (unpaired) electrons. The fourth-order valence-corrected chi connectivity index (χ4v) is 2.76. The molecule has 0 aliphatic heterocycles. The minimum Gasteiger partial charge on any atom is -0.489 e. The Hall–Kier alpha value is -3.60. The van der Waals surface area contributed by atoms with Crippen LogP contribution in [0.25, 0.3) is 22.4 Å². The molecule has 5 nitrogen and oxygen atoms in total. The number of aromatic nitrogens is 2. The molecule has 0 fully saturated rings. The first kappa shape index (κ1) is 15.9. The highest BCUT2D eigenvalue weighted by Gasteiger charge is 2.06. The Morgan fingerprint density at radius 3 is 2.58 bits per heavy atom. The van der Waals surface area contributed by atoms with Gasteiger partial charge in [0, 0.05) is 5.56 Å². The smallest absolute Gasteiger partial charge is 0.335 e. The van der Waals surface area contributed by atoms with Crippen LogP contribution in [0.1, 0.15) is 15.9 Å². The van der Waals surface area contributed by atoms with Gasteiger partial charge in [-0.25, -0.2) is 9.78 Å². The molecule has 1 aromatic heterocycles. The van der Waals surface area contributed by atoms with E-state index in [4.69, 9.17) is 9.84 Å². The van der Waals surface area contributed by atoms with E-state index >= 15 is 0 Å². The van der Waals surface area contributed by atoms with Gasteiger partial charge in [-0.15, -0.1) is 0 Å². The number of nitrogens with one attached hydrogen (secondary N) is 1. The lowest BCUT2D eigenvalue weighted by atomic mass is 10.1. The summed E-state index contributed by atoms with van der Waals surface area (Å²) in [4.78, 5) is 18.9. The van der Waals surface area contributed by atoms with Gasteiger partial charge in [-0.1, -0.05) is 24.3 Å². The SMILES string of the molecule is O=C(O)c1cccc(COc2ccc(-c3nc4ccccc4[nH]3)cc2)c1. The number of carboxylic acids is 1. The van der Waals surface area contributed by atoms with Crippen LogP contribution in [-0.4, -0.2) is 21.0 Å². The lowest BCUT2D eigenvalue weighted by Gasteiger charge is -2.07. The lowest BCUT2D eigenvalue weighted by molar-refractivity contribution is 0.0696. The highest BCUT2D eigenvalue weighted by atomic mass is 16.5. The third-order valence-electron chi connectivity index (χ3n) is 4.10. The number of nitrogens with zero attached hydrogens (tertiary/aromatic N) is 1. The van der Waals surface area contributed by atoms with Crippen molar-refractivity contribution < 1.29 is 14.6 Å². The number of para-hydroxylation sites is 2. The van der Waals surface area contributed by atoms with E-state index in [0.29, 0.717) is 12.4 Å². The number of rotatable bonds is 5. The molecule has 3 aromatic carbocycles. The van der Waals surface area contributed by atoms with E-state index in [-0.39, 0.29) is 5.56 Å². The predicted octanol–water partition coefficient (Wildman–Crippen LogP) is 4.51. The van der Waals surface area contributed by atoms with Crippen LogP contribution in [0, 0.1) is 0 Å². The summed E-state index contributed by atoms with van der Waals surface area (Å²) >= 11 is 0. The molecule has 2 N–H and O–H groups in total. The summed E-state index contributed by atoms with van der Waals surface area (Å²) in [7, 11) is 0. The first-order valence-corrected chi connectivity index (χ1v) is 8.19. The second-order valence-electron chi connectivity index (χ2n) is 5.92. The van der Waals surface area contributed by atoms with Crippen LogP contribution in [0.2, 0.25) is 0 Å². The number of imidazole rings is 1. The van der Waals surface area contributed by atoms with E-state index in [2.05, 4.69) is 9.97 Å². The number of aromatic amines is 1. The van der Waals surface area contributed by atoms with Crippen molar-refractivity contribution >= 4 is 17.0 Å². The fourth-order valence-electron chi connectivity index (χ4n) is 2.76. The van der Waals surface area contributed by atoms with Crippen molar-refractivity contribution in [3.63, 3.8) is 0 Å². The Labute approximate surface area is 149 Å². The summed E-state index contributed by atoms with van der Waals surface area (Å²) in [6.45, 7) is 0.311. The summed E-state index contributed by atoms with van der Waals surface area (Å²) < 4.78 is 5.75. The number of carbonyl (C=O) groups is 1. The highest BCUT2D eigenvalue weighted by Crippen LogP contribution is 2.23. The van der Waals surface area contributed by atoms with Gasteiger partial charge in [0.15, 0.2) is 0 Å². The van der Waals surface area contributed by atoms with Crippen LogP contribution in [0.3, 0.4) is 0 Å². The van der Waals surface area contributed by atoms with E-state index in [9.17, 15) is 4.79 Å². The van der Waals surface area contributed by atoms with Crippen molar-refractivity contribution in [3.8, 4) is 17.1 Å². The van der Waals surface area contributed by atoms with Gasteiger partial charge in [0.1, 0.15) is 18.2 Å². The number of carboxylic acid groups (broad SMARTS) is 1. The maximum Gasteiger partial charge on any atom is 0.335 e. The Morgan fingerprint density at radius 1 is 1.00 bits per heavy atom. The summed E-state index contributed by atoms with van der Waals surface area (Å²) in [6, 6.07) is 22.3. The van der Waals surface area contributed by atoms with E-state index < -0.39 is 5.97 Å². The summed E-state index contributed by atoms with van der Waals surface area (Å²) in [6.07, 6.45) is 0. The topological polar surface area (TPSA) is 75.2 Å². The van der Waals surface area contributed by atoms with Crippen LogP contribution in [0.15, 0.2) is 72.8 Å². The Morgan fingerprint density at radius 2 is 1.81 bits per heavy atom. The zero-order valence-corrected chi connectivity index (χ0v) is 13.8. The molecule has 1 heterocycles. The number of ether oxygens (including phenoxy) is 1. The molecular weight excluding hydrogens is 328 g/mol. The van der Waals surface area contributed by atoms with E-state index in [1.807, 2.05) is 54.6 Å². The zero-order valence-electron chi connectivity index (χ0n) is 13.8. The summed E-state index contributed by atoms with van der Waals surface area (Å²) in [5, 5.41) is 9.04. The van der Waals surface area contributed by atoms with Crippen LogP contribution >= 0.6 is 0 Å². The first-order valence-electron chi connectivity index (χ1n) is 8.19. The summed E-state index contributed by atoms with van der Waals surface area (Å²) in [5.74, 6) is 0.583. The number of fused-ring (bicyclic) bond motifs is 1. The molecule has 0 bridgehead atoms. The van der Waals surface area contributed by atoms with Crippen molar-refractivity contribution in [1.82, 2.24) is 9.97 Å². The molecule has 0 aliphatic carbocycles. The van der Waals surface area contributed by atoms with Crippen LogP contribution in [0.5, 0.6) is 5.75 Å². The van der Waals surface area contributed by atoms with Crippen molar-refractivity contribution in [2.45, 2.75) is 6.61 Å². The summed E-state index contributed by atoms with van der Waals surface area (Å²) in [5.41, 5.74) is 3.97. The molecule has 0 unspecified atom stereocenters. The standard InChI is InChI=1S/C21H16N2O3/c24-21(25)16-5-3-4-14(12-16)13-26-17-10-8-15(9-11-17)20-22-18-6-1-2-7-19(18)23-20/h1-12H,13H2,(H,22,23)(H,24,25). The fraction of sp³-hybridized carbons (Fsp3) is 0.0476. The number of H-pyrrole nitrogens is 1. The van der Waals surface area contributed by atoms with E-state index in [0.717, 1.165) is 28.0 Å². The van der Waals surface area contributed by atoms with Gasteiger partial charge >= 0.3 is 5.97 Å². The van der Waals surface area contributed by atoms with Gasteiger partial charge in [-0.2, -0.15) is 0 Å². The van der Waals surface area contributed by atoms with Crippen molar-refractivity contribution in [3.05, 3.63) is 83.9 Å². The number of benzene rings is 3. The molecule has 5 heteroatoms. The minimum atomic E-state index is -0.943. The predicted molar refractivity (Wildman–Crippen MR) is 99.3 cm³/mol. The molecule has 0 atom stereocenters. The van der Waals surface area contributed by atoms with Crippen LogP contribution in [-0.2, 0) is 6.61 Å². The normalized spacial score (nSPS) is 10.8. The Kier molecular flexibility index (Phi) is 4.11. The number of aromatic carboxylic acids is 1. The molecule has 0 spiro atoms. The van der Waals surface area contributed by atoms with Gasteiger partial charge in [0.05, 0.1) is 16.6 Å².